The summed E-state index contributed by atoms with van der Waals surface area (Å²) >= 11 is 1.71. The highest BCUT2D eigenvalue weighted by Crippen LogP contribution is 2.21. The van der Waals surface area contributed by atoms with Gasteiger partial charge in [-0.15, -0.1) is 11.3 Å². The third-order valence-corrected chi connectivity index (χ3v) is 2.78. The van der Waals surface area contributed by atoms with Crippen molar-refractivity contribution in [2.75, 3.05) is 25.6 Å². The number of anilines is 1. The summed E-state index contributed by atoms with van der Waals surface area (Å²) in [6.45, 7) is 5.78. The number of nitrogens with one attached hydrogen (secondary N) is 1. The van der Waals surface area contributed by atoms with Crippen LogP contribution in [0.5, 0.6) is 0 Å². The van der Waals surface area contributed by atoms with Crippen LogP contribution >= 0.6 is 11.3 Å². The third kappa shape index (κ3) is 2.97. The molecule has 0 spiro atoms. The Balaban J connectivity index is 2.48. The Bertz CT molecular complexity index is 260. The van der Waals surface area contributed by atoms with E-state index in [2.05, 4.69) is 24.1 Å². The van der Waals surface area contributed by atoms with Gasteiger partial charge in [-0.3, -0.25) is 0 Å². The maximum absolute atomic E-state index is 4.94. The first-order chi connectivity index (χ1) is 6.27. The van der Waals surface area contributed by atoms with Gasteiger partial charge in [-0.05, 0) is 13.3 Å². The first kappa shape index (κ1) is 10.5. The Morgan fingerprint density at radius 2 is 2.31 bits per heavy atom. The highest BCUT2D eigenvalue weighted by atomic mass is 32.1. The van der Waals surface area contributed by atoms with Gasteiger partial charge in [0.25, 0.3) is 0 Å². The summed E-state index contributed by atoms with van der Waals surface area (Å²) < 4.78 is 4.94. The Hall–Kier alpha value is -0.610. The molecule has 13 heavy (non-hydrogen) atoms. The molecule has 0 aliphatic heterocycles. The van der Waals surface area contributed by atoms with Gasteiger partial charge < -0.3 is 10.1 Å². The molecule has 0 aliphatic rings. The van der Waals surface area contributed by atoms with Crippen LogP contribution < -0.4 is 5.32 Å². The normalized spacial score (nSPS) is 10.4. The molecule has 1 N–H and O–H groups in total. The maximum Gasteiger partial charge on any atom is 0.183 e. The molecule has 1 heterocycles. The first-order valence-corrected chi connectivity index (χ1v) is 5.28. The van der Waals surface area contributed by atoms with Gasteiger partial charge in [-0.25, -0.2) is 4.98 Å². The van der Waals surface area contributed by atoms with Crippen LogP contribution in [0.1, 0.15) is 17.5 Å². The SMILES string of the molecule is CCc1nc(NCCOC)sc1C. The minimum Gasteiger partial charge on any atom is -0.383 e. The molecule has 0 aliphatic carbocycles. The van der Waals surface area contributed by atoms with Crippen LogP contribution in [0.4, 0.5) is 5.13 Å². The van der Waals surface area contributed by atoms with Crippen molar-refractivity contribution < 1.29 is 4.74 Å². The summed E-state index contributed by atoms with van der Waals surface area (Å²) in [4.78, 5) is 5.76. The highest BCUT2D eigenvalue weighted by molar-refractivity contribution is 7.15. The fourth-order valence-corrected chi connectivity index (χ4v) is 2.02. The van der Waals surface area contributed by atoms with E-state index in [9.17, 15) is 0 Å². The largest absolute Gasteiger partial charge is 0.383 e. The number of nitrogens with zero attached hydrogens (tertiary/aromatic N) is 1. The molecule has 1 rings (SSSR count). The van der Waals surface area contributed by atoms with Crippen molar-refractivity contribution in [1.82, 2.24) is 4.98 Å². The number of rotatable bonds is 5. The van der Waals surface area contributed by atoms with Gasteiger partial charge in [-0.2, -0.15) is 0 Å². The maximum atomic E-state index is 4.94. The van der Waals surface area contributed by atoms with Crippen LogP contribution in [0.15, 0.2) is 0 Å². The lowest BCUT2D eigenvalue weighted by Gasteiger charge is -1.99. The Kier molecular flexibility index (Phi) is 4.18. The van der Waals surface area contributed by atoms with Gasteiger partial charge in [0.05, 0.1) is 12.3 Å². The summed E-state index contributed by atoms with van der Waals surface area (Å²) in [6, 6.07) is 0. The second-order valence-electron chi connectivity index (χ2n) is 2.80. The molecule has 1 aromatic rings. The van der Waals surface area contributed by atoms with E-state index in [4.69, 9.17) is 4.74 Å². The lowest BCUT2D eigenvalue weighted by Crippen LogP contribution is -2.07. The van der Waals surface area contributed by atoms with Gasteiger partial charge in [0.2, 0.25) is 0 Å². The van der Waals surface area contributed by atoms with E-state index in [1.54, 1.807) is 18.4 Å². The minimum absolute atomic E-state index is 0.722. The molecule has 1 aromatic heterocycles. The second-order valence-corrected chi connectivity index (χ2v) is 4.00. The monoisotopic (exact) mass is 200 g/mol. The average Bonchev–Trinajstić information content (AvgIpc) is 2.47. The summed E-state index contributed by atoms with van der Waals surface area (Å²) in [6.07, 6.45) is 1.01. The predicted molar refractivity (Wildman–Crippen MR) is 56.6 cm³/mol. The van der Waals surface area contributed by atoms with Crippen molar-refractivity contribution in [2.24, 2.45) is 0 Å². The number of methoxy groups -OCH3 is 1. The summed E-state index contributed by atoms with van der Waals surface area (Å²) in [5.74, 6) is 0. The average molecular weight is 200 g/mol. The number of hydrogen-bond acceptors (Lipinski definition) is 4. The Morgan fingerprint density at radius 3 is 2.85 bits per heavy atom. The predicted octanol–water partition coefficient (Wildman–Crippen LogP) is 2.07. The number of thiazole rings is 1. The van der Waals surface area contributed by atoms with Crippen molar-refractivity contribution in [3.05, 3.63) is 10.6 Å². The van der Waals surface area contributed by atoms with Crippen LogP contribution in [0, 0.1) is 6.92 Å². The summed E-state index contributed by atoms with van der Waals surface area (Å²) in [7, 11) is 1.70. The van der Waals surface area contributed by atoms with E-state index in [1.807, 2.05) is 0 Å². The van der Waals surface area contributed by atoms with E-state index in [0.717, 1.165) is 24.7 Å². The molecule has 0 fully saturated rings. The fourth-order valence-electron chi connectivity index (χ4n) is 1.09. The van der Waals surface area contributed by atoms with Crippen molar-refractivity contribution in [3.63, 3.8) is 0 Å². The Labute approximate surface area is 83.1 Å². The molecule has 0 bridgehead atoms. The molecular formula is C9H16N2OS. The standard InChI is InChI=1S/C9H16N2OS/c1-4-8-7(2)13-9(11-8)10-5-6-12-3/h4-6H2,1-3H3,(H,10,11). The van der Waals surface area contributed by atoms with Gasteiger partial charge in [0.15, 0.2) is 5.13 Å². The molecule has 3 nitrogen and oxygen atoms in total. The molecule has 0 radical (unpaired) electrons. The van der Waals surface area contributed by atoms with Gasteiger partial charge in [0, 0.05) is 18.5 Å². The molecule has 0 atom stereocenters. The number of aromatic nitrogens is 1. The second kappa shape index (κ2) is 5.19. The number of hydrogen-bond donors (Lipinski definition) is 1. The highest BCUT2D eigenvalue weighted by Gasteiger charge is 2.04. The van der Waals surface area contributed by atoms with Gasteiger partial charge >= 0.3 is 0 Å². The van der Waals surface area contributed by atoms with Crippen molar-refractivity contribution in [2.45, 2.75) is 20.3 Å². The molecule has 74 valence electrons. The van der Waals surface area contributed by atoms with Crippen LogP contribution in [0.2, 0.25) is 0 Å². The van der Waals surface area contributed by atoms with Crippen LogP contribution in [0.3, 0.4) is 0 Å². The van der Waals surface area contributed by atoms with Crippen LogP contribution in [-0.4, -0.2) is 25.2 Å². The quantitative estimate of drug-likeness (QED) is 0.739. The lowest BCUT2D eigenvalue weighted by atomic mass is 10.3. The molecule has 0 aromatic carbocycles. The van der Waals surface area contributed by atoms with E-state index in [-0.39, 0.29) is 0 Å². The molecule has 4 heteroatoms. The van der Waals surface area contributed by atoms with Crippen LogP contribution in [0.25, 0.3) is 0 Å². The zero-order valence-corrected chi connectivity index (χ0v) is 9.20. The van der Waals surface area contributed by atoms with Crippen LogP contribution in [-0.2, 0) is 11.2 Å². The minimum atomic E-state index is 0.722. The first-order valence-electron chi connectivity index (χ1n) is 4.47. The third-order valence-electron chi connectivity index (χ3n) is 1.81. The zero-order chi connectivity index (χ0) is 9.68. The number of aryl methyl sites for hydroxylation is 2. The van der Waals surface area contributed by atoms with E-state index in [1.165, 1.54) is 10.6 Å². The zero-order valence-electron chi connectivity index (χ0n) is 8.39. The fraction of sp³-hybridized carbons (Fsp3) is 0.667. The van der Waals surface area contributed by atoms with Crippen molar-refractivity contribution in [1.29, 1.82) is 0 Å². The van der Waals surface area contributed by atoms with Gasteiger partial charge in [-0.1, -0.05) is 6.92 Å². The van der Waals surface area contributed by atoms with Crippen molar-refractivity contribution >= 4 is 16.5 Å². The lowest BCUT2D eigenvalue weighted by molar-refractivity contribution is 0.211. The molecule has 0 saturated heterocycles. The van der Waals surface area contributed by atoms with E-state index < -0.39 is 0 Å². The van der Waals surface area contributed by atoms with E-state index >= 15 is 0 Å². The smallest absolute Gasteiger partial charge is 0.183 e. The number of ether oxygens (including phenoxy) is 1. The summed E-state index contributed by atoms with van der Waals surface area (Å²) in [5, 5.41) is 4.23. The molecule has 0 saturated carbocycles. The summed E-state index contributed by atoms with van der Waals surface area (Å²) in [5.41, 5.74) is 1.20. The topological polar surface area (TPSA) is 34.2 Å². The molecular weight excluding hydrogens is 184 g/mol. The van der Waals surface area contributed by atoms with E-state index in [0.29, 0.717) is 0 Å². The van der Waals surface area contributed by atoms with Gasteiger partial charge in [0.1, 0.15) is 0 Å². The molecule has 0 unspecified atom stereocenters. The Morgan fingerprint density at radius 1 is 1.54 bits per heavy atom. The van der Waals surface area contributed by atoms with Crippen molar-refractivity contribution in [3.8, 4) is 0 Å². The molecule has 0 amide bonds.